The van der Waals surface area contributed by atoms with Crippen LogP contribution in [0.25, 0.3) is 0 Å². The predicted octanol–water partition coefficient (Wildman–Crippen LogP) is 1.42. The topological polar surface area (TPSA) is 38.3 Å². The van der Waals surface area contributed by atoms with Gasteiger partial charge in [-0.25, -0.2) is 0 Å². The number of esters is 1. The lowest BCUT2D eigenvalue weighted by Gasteiger charge is -2.21. The van der Waals surface area contributed by atoms with Crippen LogP contribution >= 0.6 is 11.8 Å². The van der Waals surface area contributed by atoms with Crippen LogP contribution in [0.3, 0.4) is 0 Å². The lowest BCUT2D eigenvalue weighted by atomic mass is 10.2. The van der Waals surface area contributed by atoms with E-state index in [0.717, 1.165) is 13.1 Å². The summed E-state index contributed by atoms with van der Waals surface area (Å²) in [7, 11) is 0. The van der Waals surface area contributed by atoms with E-state index in [1.54, 1.807) is 11.8 Å². The fourth-order valence-electron chi connectivity index (χ4n) is 1.44. The Bertz CT molecular complexity index is 179. The van der Waals surface area contributed by atoms with Crippen molar-refractivity contribution in [1.82, 2.24) is 5.32 Å². The third kappa shape index (κ3) is 4.86. The van der Waals surface area contributed by atoms with Crippen molar-refractivity contribution in [2.45, 2.75) is 38.0 Å². The number of nitrogens with one attached hydrogen (secondary N) is 1. The highest BCUT2D eigenvalue weighted by Gasteiger charge is 2.15. The summed E-state index contributed by atoms with van der Waals surface area (Å²) in [5.74, 6) is 0.403. The molecule has 1 rings (SSSR count). The Morgan fingerprint density at radius 3 is 3.00 bits per heavy atom. The standard InChI is InChI=1S/C10H19NO2S/c1-8(2)13-10(12)7-14-9-4-3-5-11-6-9/h8-9,11H,3-7H2,1-2H3. The van der Waals surface area contributed by atoms with E-state index in [1.807, 2.05) is 13.8 Å². The number of hydrogen-bond acceptors (Lipinski definition) is 4. The molecule has 0 aliphatic carbocycles. The summed E-state index contributed by atoms with van der Waals surface area (Å²) in [6, 6.07) is 0. The number of ether oxygens (including phenoxy) is 1. The van der Waals surface area contributed by atoms with Crippen molar-refractivity contribution in [2.75, 3.05) is 18.8 Å². The maximum atomic E-state index is 11.2. The molecule has 0 aromatic heterocycles. The number of piperidine rings is 1. The van der Waals surface area contributed by atoms with Gasteiger partial charge in [0, 0.05) is 11.8 Å². The molecular formula is C10H19NO2S. The molecule has 1 atom stereocenters. The largest absolute Gasteiger partial charge is 0.462 e. The van der Waals surface area contributed by atoms with Crippen LogP contribution in [-0.4, -0.2) is 36.2 Å². The molecule has 0 bridgehead atoms. The van der Waals surface area contributed by atoms with Gasteiger partial charge in [0.1, 0.15) is 0 Å². The predicted molar refractivity (Wildman–Crippen MR) is 59.6 cm³/mol. The van der Waals surface area contributed by atoms with Gasteiger partial charge in [0.15, 0.2) is 0 Å². The monoisotopic (exact) mass is 217 g/mol. The van der Waals surface area contributed by atoms with Crippen LogP contribution in [0.5, 0.6) is 0 Å². The summed E-state index contributed by atoms with van der Waals surface area (Å²) >= 11 is 1.71. The molecule has 1 unspecified atom stereocenters. The van der Waals surface area contributed by atoms with Crippen molar-refractivity contribution in [3.63, 3.8) is 0 Å². The van der Waals surface area contributed by atoms with Crippen molar-refractivity contribution >= 4 is 17.7 Å². The molecule has 0 aromatic rings. The third-order valence-corrected chi connectivity index (χ3v) is 3.33. The Balaban J connectivity index is 2.09. The van der Waals surface area contributed by atoms with E-state index in [9.17, 15) is 4.79 Å². The van der Waals surface area contributed by atoms with E-state index in [-0.39, 0.29) is 12.1 Å². The average molecular weight is 217 g/mol. The molecule has 0 radical (unpaired) electrons. The summed E-state index contributed by atoms with van der Waals surface area (Å²) in [6.07, 6.45) is 2.44. The minimum absolute atomic E-state index is 0.00702. The maximum Gasteiger partial charge on any atom is 0.316 e. The molecule has 1 fully saturated rings. The molecule has 0 saturated carbocycles. The zero-order chi connectivity index (χ0) is 10.4. The lowest BCUT2D eigenvalue weighted by molar-refractivity contribution is -0.144. The second-order valence-corrected chi connectivity index (χ2v) is 5.11. The van der Waals surface area contributed by atoms with Gasteiger partial charge in [-0.2, -0.15) is 0 Å². The molecule has 1 aliphatic rings. The third-order valence-electron chi connectivity index (χ3n) is 2.06. The average Bonchev–Trinajstić information content (AvgIpc) is 2.15. The Kier molecular flexibility index (Phi) is 5.33. The van der Waals surface area contributed by atoms with E-state index in [0.29, 0.717) is 11.0 Å². The van der Waals surface area contributed by atoms with Gasteiger partial charge in [-0.15, -0.1) is 11.8 Å². The summed E-state index contributed by atoms with van der Waals surface area (Å²) in [5.41, 5.74) is 0. The van der Waals surface area contributed by atoms with Crippen LogP contribution in [0.4, 0.5) is 0 Å². The molecule has 0 spiro atoms. The minimum atomic E-state index is -0.0874. The second-order valence-electron chi connectivity index (χ2n) is 3.82. The van der Waals surface area contributed by atoms with Gasteiger partial charge in [-0.05, 0) is 33.2 Å². The van der Waals surface area contributed by atoms with Crippen molar-refractivity contribution in [3.05, 3.63) is 0 Å². The van der Waals surface area contributed by atoms with Crippen LogP contribution in [0, 0.1) is 0 Å². The van der Waals surface area contributed by atoms with E-state index in [1.165, 1.54) is 12.8 Å². The van der Waals surface area contributed by atoms with Gasteiger partial charge in [-0.1, -0.05) is 0 Å². The number of thioether (sulfide) groups is 1. The van der Waals surface area contributed by atoms with E-state index in [2.05, 4.69) is 5.32 Å². The van der Waals surface area contributed by atoms with Gasteiger partial charge in [0.25, 0.3) is 0 Å². The first-order valence-electron chi connectivity index (χ1n) is 5.20. The Hall–Kier alpha value is -0.220. The molecule has 14 heavy (non-hydrogen) atoms. The van der Waals surface area contributed by atoms with Crippen LogP contribution in [0.2, 0.25) is 0 Å². The Morgan fingerprint density at radius 2 is 2.43 bits per heavy atom. The molecule has 1 aliphatic heterocycles. The lowest BCUT2D eigenvalue weighted by Crippen LogP contribution is -2.32. The van der Waals surface area contributed by atoms with Crippen LogP contribution in [-0.2, 0) is 9.53 Å². The van der Waals surface area contributed by atoms with Crippen LogP contribution in [0.15, 0.2) is 0 Å². The first kappa shape index (κ1) is 11.9. The summed E-state index contributed by atoms with van der Waals surface area (Å²) in [6.45, 7) is 5.91. The molecule has 0 aromatic carbocycles. The fourth-order valence-corrected chi connectivity index (χ4v) is 2.45. The van der Waals surface area contributed by atoms with Crippen molar-refractivity contribution in [1.29, 1.82) is 0 Å². The van der Waals surface area contributed by atoms with Gasteiger partial charge >= 0.3 is 5.97 Å². The van der Waals surface area contributed by atoms with Gasteiger partial charge < -0.3 is 10.1 Å². The summed E-state index contributed by atoms with van der Waals surface area (Å²) < 4.78 is 5.06. The molecular weight excluding hydrogens is 198 g/mol. The molecule has 3 nitrogen and oxygen atoms in total. The summed E-state index contributed by atoms with van der Waals surface area (Å²) in [5, 5.41) is 3.91. The maximum absolute atomic E-state index is 11.2. The smallest absolute Gasteiger partial charge is 0.316 e. The second kappa shape index (κ2) is 6.30. The highest BCUT2D eigenvalue weighted by Crippen LogP contribution is 2.18. The van der Waals surface area contributed by atoms with Crippen LogP contribution in [0.1, 0.15) is 26.7 Å². The summed E-state index contributed by atoms with van der Waals surface area (Å²) in [4.78, 5) is 11.2. The number of rotatable bonds is 4. The normalized spacial score (nSPS) is 22.4. The van der Waals surface area contributed by atoms with E-state index >= 15 is 0 Å². The van der Waals surface area contributed by atoms with E-state index in [4.69, 9.17) is 4.74 Å². The zero-order valence-electron chi connectivity index (χ0n) is 8.91. The van der Waals surface area contributed by atoms with E-state index < -0.39 is 0 Å². The molecule has 82 valence electrons. The molecule has 4 heteroatoms. The first-order chi connectivity index (χ1) is 6.68. The molecule has 1 N–H and O–H groups in total. The highest BCUT2D eigenvalue weighted by molar-refractivity contribution is 8.00. The molecule has 1 saturated heterocycles. The minimum Gasteiger partial charge on any atom is -0.462 e. The molecule has 1 heterocycles. The SMILES string of the molecule is CC(C)OC(=O)CSC1CCCNC1. The Labute approximate surface area is 90.0 Å². The zero-order valence-corrected chi connectivity index (χ0v) is 9.73. The first-order valence-corrected chi connectivity index (χ1v) is 6.25. The number of carbonyl (C=O) groups is 1. The van der Waals surface area contributed by atoms with Crippen LogP contribution < -0.4 is 5.32 Å². The van der Waals surface area contributed by atoms with Gasteiger partial charge in [-0.3, -0.25) is 4.79 Å². The van der Waals surface area contributed by atoms with Crippen molar-refractivity contribution < 1.29 is 9.53 Å². The van der Waals surface area contributed by atoms with Crippen molar-refractivity contribution in [3.8, 4) is 0 Å². The molecule has 0 amide bonds. The number of hydrogen-bond donors (Lipinski definition) is 1. The Morgan fingerprint density at radius 1 is 1.64 bits per heavy atom. The van der Waals surface area contributed by atoms with Gasteiger partial charge in [0.2, 0.25) is 0 Å². The fraction of sp³-hybridized carbons (Fsp3) is 0.900. The number of carbonyl (C=O) groups excluding carboxylic acids is 1. The quantitative estimate of drug-likeness (QED) is 0.723. The van der Waals surface area contributed by atoms with Gasteiger partial charge in [0.05, 0.1) is 11.9 Å². The van der Waals surface area contributed by atoms with Crippen molar-refractivity contribution in [2.24, 2.45) is 0 Å². The highest BCUT2D eigenvalue weighted by atomic mass is 32.2.